The van der Waals surface area contributed by atoms with Crippen molar-refractivity contribution in [1.82, 2.24) is 27.4 Å². The summed E-state index contributed by atoms with van der Waals surface area (Å²) in [6.07, 6.45) is -4.76. The Morgan fingerprint density at radius 3 is 0.794 bits per heavy atom. The van der Waals surface area contributed by atoms with Gasteiger partial charge in [0.2, 0.25) is 0 Å². The van der Waals surface area contributed by atoms with Crippen molar-refractivity contribution >= 4 is 137 Å². The van der Waals surface area contributed by atoms with Gasteiger partial charge < -0.3 is 27.4 Å². The first-order chi connectivity index (χ1) is 47.7. The van der Waals surface area contributed by atoms with Gasteiger partial charge in [0.15, 0.2) is 5.69 Å². The highest BCUT2D eigenvalue weighted by atomic mass is 19.4. The van der Waals surface area contributed by atoms with Crippen LogP contribution in [0.5, 0.6) is 0 Å². The predicted molar refractivity (Wildman–Crippen MR) is 394 cm³/mol. The van der Waals surface area contributed by atoms with Gasteiger partial charge in [0.1, 0.15) is 0 Å². The van der Waals surface area contributed by atoms with Crippen molar-refractivity contribution in [3.8, 4) is 45.3 Å². The topological polar surface area (TPSA) is 33.9 Å². The minimum Gasteiger partial charge on any atom is -0.309 e. The summed E-state index contributed by atoms with van der Waals surface area (Å²) in [7, 11) is 0. The van der Waals surface area contributed by atoms with Crippen molar-refractivity contribution in [2.24, 2.45) is 0 Å². The summed E-state index contributed by atoms with van der Waals surface area (Å²) in [6, 6.07) is 102. The molecule has 0 aliphatic rings. The fraction of sp³-hybridized carbons (Fsp3) is 0.0230. The highest BCUT2D eigenvalue weighted by Crippen LogP contribution is 2.49. The lowest BCUT2D eigenvalue weighted by molar-refractivity contribution is -0.137. The zero-order valence-corrected chi connectivity index (χ0v) is 52.1. The number of benzene rings is 14. The SMILES string of the molecule is [C-]#[N+]c1cc(-n2c3cc(-n4c5ccccc5c5ccccc54)ccc3c3ccc(-n4c5ccccc5c5ccccc54)cc32)c(-n2c3cc(-n4c5ccccc5c5ccccc54)ccc3c3ccc(-n4c5ccccc5c5ccccc54)cc32)cc1-c1c(C)cccc1C(F)(F)F. The minimum atomic E-state index is -4.76. The van der Waals surface area contributed by atoms with E-state index in [1.807, 2.05) is 12.1 Å². The molecular weight excluding hydrogens is 1200 g/mol. The van der Waals surface area contributed by atoms with E-state index in [4.69, 9.17) is 0 Å². The lowest BCUT2D eigenvalue weighted by atomic mass is 9.92. The van der Waals surface area contributed by atoms with Gasteiger partial charge in [0, 0.05) is 87.4 Å². The number of para-hydroxylation sites is 8. The number of hydrogen-bond acceptors (Lipinski definition) is 0. The summed E-state index contributed by atoms with van der Waals surface area (Å²) in [5, 5.41) is 12.7. The van der Waals surface area contributed by atoms with Crippen LogP contribution in [-0.4, -0.2) is 27.4 Å². The molecule has 456 valence electrons. The van der Waals surface area contributed by atoms with E-state index in [2.05, 4.69) is 299 Å². The van der Waals surface area contributed by atoms with Gasteiger partial charge >= 0.3 is 6.18 Å². The molecule has 0 spiro atoms. The van der Waals surface area contributed by atoms with Gasteiger partial charge in [-0.2, -0.15) is 13.2 Å². The molecule has 10 heteroatoms. The summed E-state index contributed by atoms with van der Waals surface area (Å²) in [5.41, 5.74) is 16.2. The molecule has 14 aromatic carbocycles. The molecule has 97 heavy (non-hydrogen) atoms. The van der Waals surface area contributed by atoms with Crippen LogP contribution >= 0.6 is 0 Å². The Morgan fingerprint density at radius 1 is 0.268 bits per heavy atom. The maximum absolute atomic E-state index is 16.0. The summed E-state index contributed by atoms with van der Waals surface area (Å²) in [6.45, 7) is 11.0. The van der Waals surface area contributed by atoms with Crippen molar-refractivity contribution < 1.29 is 13.2 Å². The first kappa shape index (κ1) is 54.7. The molecule has 0 radical (unpaired) electrons. The minimum absolute atomic E-state index is 0.0453. The Bertz CT molecular complexity index is 6290. The van der Waals surface area contributed by atoms with E-state index in [1.165, 1.54) is 6.07 Å². The molecule has 0 saturated heterocycles. The number of aromatic nitrogens is 6. The molecular formula is C87H52F3N7. The molecule has 20 aromatic rings. The molecule has 0 N–H and O–H groups in total. The summed E-state index contributed by atoms with van der Waals surface area (Å²) in [5.74, 6) is 0. The third-order valence-electron chi connectivity index (χ3n) is 20.4. The van der Waals surface area contributed by atoms with E-state index >= 15 is 13.2 Å². The molecule has 0 atom stereocenters. The Labute approximate surface area is 552 Å². The molecule has 6 aromatic heterocycles. The molecule has 0 aliphatic heterocycles. The van der Waals surface area contributed by atoms with Crippen LogP contribution in [0.15, 0.2) is 297 Å². The highest BCUT2D eigenvalue weighted by molar-refractivity contribution is 6.17. The van der Waals surface area contributed by atoms with E-state index < -0.39 is 11.7 Å². The number of fused-ring (bicyclic) bond motifs is 18. The third kappa shape index (κ3) is 7.79. The normalized spacial score (nSPS) is 12.3. The van der Waals surface area contributed by atoms with Crippen LogP contribution in [0.4, 0.5) is 18.9 Å². The molecule has 7 nitrogen and oxygen atoms in total. The van der Waals surface area contributed by atoms with E-state index in [9.17, 15) is 6.57 Å². The molecule has 20 rings (SSSR count). The van der Waals surface area contributed by atoms with Crippen LogP contribution in [0.25, 0.3) is 181 Å². The van der Waals surface area contributed by atoms with E-state index in [0.29, 0.717) is 16.9 Å². The van der Waals surface area contributed by atoms with E-state index in [1.54, 1.807) is 13.0 Å². The third-order valence-corrected chi connectivity index (χ3v) is 20.4. The fourth-order valence-electron chi connectivity index (χ4n) is 16.3. The van der Waals surface area contributed by atoms with Gasteiger partial charge in [-0.3, -0.25) is 0 Å². The Morgan fingerprint density at radius 2 is 0.526 bits per heavy atom. The quantitative estimate of drug-likeness (QED) is 0.143. The van der Waals surface area contributed by atoms with Crippen LogP contribution in [0.1, 0.15) is 11.1 Å². The Balaban J connectivity index is 0.977. The molecule has 0 saturated carbocycles. The lowest BCUT2D eigenvalue weighted by Gasteiger charge is -2.22. The number of halogens is 3. The second-order valence-electron chi connectivity index (χ2n) is 25.4. The van der Waals surface area contributed by atoms with Crippen molar-refractivity contribution in [1.29, 1.82) is 0 Å². The zero-order valence-electron chi connectivity index (χ0n) is 52.1. The van der Waals surface area contributed by atoms with E-state index in [-0.39, 0.29) is 16.8 Å². The molecule has 0 fully saturated rings. The van der Waals surface area contributed by atoms with Gasteiger partial charge in [0.05, 0.1) is 89.7 Å². The molecule has 0 amide bonds. The number of alkyl halides is 3. The second-order valence-corrected chi connectivity index (χ2v) is 25.4. The summed E-state index contributed by atoms with van der Waals surface area (Å²) in [4.78, 5) is 4.30. The number of aryl methyl sites for hydroxylation is 1. The molecule has 0 bridgehead atoms. The molecule has 6 heterocycles. The van der Waals surface area contributed by atoms with Gasteiger partial charge in [0.25, 0.3) is 0 Å². The summed E-state index contributed by atoms with van der Waals surface area (Å²) >= 11 is 0. The van der Waals surface area contributed by atoms with Crippen molar-refractivity contribution in [2.45, 2.75) is 13.1 Å². The smallest absolute Gasteiger partial charge is 0.309 e. The van der Waals surface area contributed by atoms with Crippen LogP contribution in [-0.2, 0) is 6.18 Å². The first-order valence-corrected chi connectivity index (χ1v) is 32.5. The highest BCUT2D eigenvalue weighted by Gasteiger charge is 2.36. The van der Waals surface area contributed by atoms with Crippen molar-refractivity contribution in [2.75, 3.05) is 0 Å². The average Bonchev–Trinajstić information content (AvgIpc) is 1.66. The van der Waals surface area contributed by atoms with Crippen LogP contribution in [0.3, 0.4) is 0 Å². The predicted octanol–water partition coefficient (Wildman–Crippen LogP) is 23.8. The van der Waals surface area contributed by atoms with Gasteiger partial charge in [-0.1, -0.05) is 182 Å². The Kier molecular flexibility index (Phi) is 11.5. The second kappa shape index (κ2) is 20.3. The standard InChI is InChI=1S/C87H52F3N7/c1-52-20-19-29-70(87(88,89)90)86(52)69-50-84(96-80-46-53(92-72-30-11-3-21-57(72)58-22-4-12-31-73(58)92)38-42-65(80)66-43-39-54(47-81(66)96)93-74-32-13-5-23-59(74)60-24-6-14-33-75(60)93)85(51-71(69)91-2)97-82-48-55(94-76-34-15-7-25-61(76)62-26-8-16-35-77(62)94)40-44-67(82)68-45-41-56(49-83(68)97)95-78-36-17-9-27-63(78)64-28-10-18-37-79(64)95/h3-51H,1H3. The van der Waals surface area contributed by atoms with Gasteiger partial charge in [-0.25, -0.2) is 4.85 Å². The molecule has 0 unspecified atom stereocenters. The van der Waals surface area contributed by atoms with Crippen molar-refractivity contribution in [3.05, 3.63) is 320 Å². The van der Waals surface area contributed by atoms with Crippen molar-refractivity contribution in [3.63, 3.8) is 0 Å². The fourth-order valence-corrected chi connectivity index (χ4v) is 16.3. The zero-order chi connectivity index (χ0) is 64.5. The van der Waals surface area contributed by atoms with Crippen LogP contribution in [0.2, 0.25) is 0 Å². The summed E-state index contributed by atoms with van der Waals surface area (Å²) < 4.78 is 61.8. The van der Waals surface area contributed by atoms with Crippen LogP contribution in [0, 0.1) is 13.5 Å². The number of nitrogens with zero attached hydrogens (tertiary/aromatic N) is 7. The maximum atomic E-state index is 16.0. The lowest BCUT2D eigenvalue weighted by Crippen LogP contribution is -2.09. The number of hydrogen-bond donors (Lipinski definition) is 0. The van der Waals surface area contributed by atoms with Crippen LogP contribution < -0.4 is 0 Å². The first-order valence-electron chi connectivity index (χ1n) is 32.5. The Hall–Kier alpha value is -12.8. The van der Waals surface area contributed by atoms with Gasteiger partial charge in [-0.05, 0) is 139 Å². The van der Waals surface area contributed by atoms with Gasteiger partial charge in [-0.15, -0.1) is 0 Å². The molecule has 0 aliphatic carbocycles. The van der Waals surface area contributed by atoms with E-state index in [0.717, 1.165) is 160 Å². The maximum Gasteiger partial charge on any atom is 0.416 e. The average molecular weight is 1250 g/mol. The largest absolute Gasteiger partial charge is 0.416 e. The number of rotatable bonds is 7. The monoisotopic (exact) mass is 1250 g/mol.